The van der Waals surface area contributed by atoms with E-state index < -0.39 is 0 Å². The van der Waals surface area contributed by atoms with Crippen molar-refractivity contribution in [2.45, 2.75) is 37.3 Å². The van der Waals surface area contributed by atoms with Crippen LogP contribution in [0.15, 0.2) is 58.9 Å². The fourth-order valence-corrected chi connectivity index (χ4v) is 6.00. The molecule has 8 nitrogen and oxygen atoms in total. The number of benzene rings is 2. The molecule has 3 amide bonds. The molecular weight excluding hydrogens is 530 g/mol. The van der Waals surface area contributed by atoms with Crippen LogP contribution < -0.4 is 10.6 Å². The largest absolute Gasteiger partial charge is 0.339 e. The van der Waals surface area contributed by atoms with Gasteiger partial charge in [-0.05, 0) is 47.9 Å². The highest BCUT2D eigenvalue weighted by Gasteiger charge is 2.23. The van der Waals surface area contributed by atoms with Crippen LogP contribution in [0.4, 0.5) is 5.13 Å². The van der Waals surface area contributed by atoms with E-state index in [-0.39, 0.29) is 17.7 Å². The monoisotopic (exact) mass is 565 g/mol. The predicted molar refractivity (Wildman–Crippen MR) is 157 cm³/mol. The number of nitrogens with one attached hydrogen (secondary N) is 2. The first-order chi connectivity index (χ1) is 18.8. The zero-order valence-electron chi connectivity index (χ0n) is 22.6. The molecule has 0 unspecified atom stereocenters. The molecule has 1 saturated heterocycles. The molecule has 3 aromatic rings. The van der Waals surface area contributed by atoms with Crippen LogP contribution in [0.2, 0.25) is 0 Å². The van der Waals surface area contributed by atoms with Gasteiger partial charge in [-0.3, -0.25) is 19.7 Å². The molecule has 1 fully saturated rings. The number of thioether (sulfide) groups is 1. The SMILES string of the molecule is CC(=O)N1CCN(C(=O)c2cccc(CSc3cnc(NC(=O)c4ccc(CNCC(C)C)cc4)s3)c2)CC1. The van der Waals surface area contributed by atoms with Crippen LogP contribution in [-0.4, -0.2) is 65.2 Å². The average molecular weight is 566 g/mol. The Balaban J connectivity index is 1.26. The smallest absolute Gasteiger partial charge is 0.257 e. The first kappa shape index (κ1) is 28.8. The minimum atomic E-state index is -0.182. The van der Waals surface area contributed by atoms with Crippen molar-refractivity contribution in [2.24, 2.45) is 5.92 Å². The molecule has 0 radical (unpaired) electrons. The van der Waals surface area contributed by atoms with Crippen molar-refractivity contribution >= 4 is 46.0 Å². The third-order valence-electron chi connectivity index (χ3n) is 6.37. The van der Waals surface area contributed by atoms with Gasteiger partial charge in [-0.1, -0.05) is 49.4 Å². The lowest BCUT2D eigenvalue weighted by molar-refractivity contribution is -0.130. The summed E-state index contributed by atoms with van der Waals surface area (Å²) in [6.07, 6.45) is 1.76. The van der Waals surface area contributed by atoms with E-state index in [0.717, 1.165) is 28.4 Å². The zero-order chi connectivity index (χ0) is 27.8. The van der Waals surface area contributed by atoms with Gasteiger partial charge in [0.2, 0.25) is 5.91 Å². The van der Waals surface area contributed by atoms with Gasteiger partial charge in [-0.15, -0.1) is 11.8 Å². The Labute approximate surface area is 238 Å². The number of thiazole rings is 1. The summed E-state index contributed by atoms with van der Waals surface area (Å²) in [5.74, 6) is 1.13. The first-order valence-electron chi connectivity index (χ1n) is 13.1. The molecular formula is C29H35N5O3S2. The van der Waals surface area contributed by atoms with E-state index in [9.17, 15) is 14.4 Å². The van der Waals surface area contributed by atoms with Gasteiger partial charge in [0.25, 0.3) is 11.8 Å². The van der Waals surface area contributed by atoms with Gasteiger partial charge in [0.15, 0.2) is 5.13 Å². The van der Waals surface area contributed by atoms with Crippen molar-refractivity contribution in [3.63, 3.8) is 0 Å². The Morgan fingerprint density at radius 2 is 1.69 bits per heavy atom. The van der Waals surface area contributed by atoms with E-state index in [1.165, 1.54) is 11.3 Å². The Morgan fingerprint density at radius 1 is 0.974 bits per heavy atom. The normalized spacial score (nSPS) is 13.5. The van der Waals surface area contributed by atoms with Crippen LogP contribution in [0.3, 0.4) is 0 Å². The van der Waals surface area contributed by atoms with Crippen molar-refractivity contribution < 1.29 is 14.4 Å². The second kappa shape index (κ2) is 13.7. The average Bonchev–Trinajstić information content (AvgIpc) is 3.39. The van der Waals surface area contributed by atoms with Crippen LogP contribution in [-0.2, 0) is 17.1 Å². The Kier molecular flexibility index (Phi) is 10.1. The molecule has 0 saturated carbocycles. The number of carbonyl (C=O) groups is 3. The summed E-state index contributed by atoms with van der Waals surface area (Å²) in [5, 5.41) is 6.85. The van der Waals surface area contributed by atoms with Gasteiger partial charge in [-0.25, -0.2) is 4.98 Å². The van der Waals surface area contributed by atoms with Gasteiger partial charge in [0.1, 0.15) is 0 Å². The highest BCUT2D eigenvalue weighted by molar-refractivity contribution is 8.00. The third kappa shape index (κ3) is 8.39. The fourth-order valence-electron chi connectivity index (χ4n) is 4.19. The summed E-state index contributed by atoms with van der Waals surface area (Å²) in [7, 11) is 0. The van der Waals surface area contributed by atoms with E-state index in [1.54, 1.807) is 34.7 Å². The van der Waals surface area contributed by atoms with Gasteiger partial charge in [-0.2, -0.15) is 0 Å². The lowest BCUT2D eigenvalue weighted by Gasteiger charge is -2.34. The number of rotatable bonds is 10. The first-order valence-corrected chi connectivity index (χ1v) is 14.9. The molecule has 2 N–H and O–H groups in total. The maximum atomic E-state index is 13.0. The highest BCUT2D eigenvalue weighted by atomic mass is 32.2. The van der Waals surface area contributed by atoms with Crippen molar-refractivity contribution in [3.05, 3.63) is 77.0 Å². The number of piperazine rings is 1. The van der Waals surface area contributed by atoms with Gasteiger partial charge in [0, 0.05) is 56.5 Å². The summed E-state index contributed by atoms with van der Waals surface area (Å²) in [4.78, 5) is 45.1. The second-order valence-electron chi connectivity index (χ2n) is 9.95. The molecule has 1 aromatic heterocycles. The van der Waals surface area contributed by atoms with Gasteiger partial charge < -0.3 is 15.1 Å². The van der Waals surface area contributed by atoms with E-state index in [0.29, 0.717) is 54.1 Å². The summed E-state index contributed by atoms with van der Waals surface area (Å²) in [6.45, 7) is 9.88. The van der Waals surface area contributed by atoms with Crippen LogP contribution in [0.1, 0.15) is 52.6 Å². The van der Waals surface area contributed by atoms with Crippen LogP contribution in [0.25, 0.3) is 0 Å². The van der Waals surface area contributed by atoms with Crippen molar-refractivity contribution in [1.29, 1.82) is 0 Å². The Bertz CT molecular complexity index is 1280. The van der Waals surface area contributed by atoms with Crippen LogP contribution in [0.5, 0.6) is 0 Å². The van der Waals surface area contributed by atoms with Gasteiger partial charge >= 0.3 is 0 Å². The Morgan fingerprint density at radius 3 is 2.38 bits per heavy atom. The molecule has 0 spiro atoms. The molecule has 0 aliphatic carbocycles. The zero-order valence-corrected chi connectivity index (χ0v) is 24.2. The predicted octanol–water partition coefficient (Wildman–Crippen LogP) is 4.74. The minimum absolute atomic E-state index is 0.00676. The molecule has 1 aliphatic rings. The highest BCUT2D eigenvalue weighted by Crippen LogP contribution is 2.31. The summed E-state index contributed by atoms with van der Waals surface area (Å²) < 4.78 is 0.981. The molecule has 206 valence electrons. The fraction of sp³-hybridized carbons (Fsp3) is 0.379. The number of aromatic nitrogens is 1. The van der Waals surface area contributed by atoms with Gasteiger partial charge in [0.05, 0.1) is 10.4 Å². The molecule has 39 heavy (non-hydrogen) atoms. The summed E-state index contributed by atoms with van der Waals surface area (Å²) in [6, 6.07) is 15.3. The quantitative estimate of drug-likeness (QED) is 0.345. The third-order valence-corrected chi connectivity index (χ3v) is 8.55. The standard InChI is InChI=1S/C29H35N5O3S2/c1-20(2)16-30-17-22-7-9-24(10-8-22)27(36)32-29-31-18-26(39-29)38-19-23-5-4-6-25(15-23)28(37)34-13-11-33(12-14-34)21(3)35/h4-10,15,18,20,30H,11-14,16-17,19H2,1-3H3,(H,31,32,36). The number of hydrogen-bond donors (Lipinski definition) is 2. The van der Waals surface area contributed by atoms with Crippen molar-refractivity contribution in [2.75, 3.05) is 38.0 Å². The summed E-state index contributed by atoms with van der Waals surface area (Å²) in [5.41, 5.74) is 3.43. The van der Waals surface area contributed by atoms with E-state index in [2.05, 4.69) is 29.5 Å². The van der Waals surface area contributed by atoms with E-state index in [1.807, 2.05) is 48.5 Å². The van der Waals surface area contributed by atoms with E-state index in [4.69, 9.17) is 0 Å². The molecule has 4 rings (SSSR count). The molecule has 10 heteroatoms. The number of nitrogens with zero attached hydrogens (tertiary/aromatic N) is 3. The van der Waals surface area contributed by atoms with Crippen LogP contribution in [0, 0.1) is 5.92 Å². The number of amides is 3. The van der Waals surface area contributed by atoms with Crippen molar-refractivity contribution in [1.82, 2.24) is 20.1 Å². The van der Waals surface area contributed by atoms with E-state index >= 15 is 0 Å². The number of hydrogen-bond acceptors (Lipinski definition) is 7. The Hall–Kier alpha value is -3.21. The molecule has 2 heterocycles. The van der Waals surface area contributed by atoms with Crippen LogP contribution >= 0.6 is 23.1 Å². The maximum Gasteiger partial charge on any atom is 0.257 e. The minimum Gasteiger partial charge on any atom is -0.339 e. The lowest BCUT2D eigenvalue weighted by Crippen LogP contribution is -2.50. The second-order valence-corrected chi connectivity index (χ2v) is 12.3. The molecule has 0 atom stereocenters. The maximum absolute atomic E-state index is 13.0. The lowest BCUT2D eigenvalue weighted by atomic mass is 10.1. The summed E-state index contributed by atoms with van der Waals surface area (Å²) >= 11 is 3.05. The number of anilines is 1. The number of carbonyl (C=O) groups excluding carboxylic acids is 3. The molecule has 0 bridgehead atoms. The topological polar surface area (TPSA) is 94.6 Å². The molecule has 1 aliphatic heterocycles. The molecule has 2 aromatic carbocycles. The van der Waals surface area contributed by atoms with Crippen molar-refractivity contribution in [3.8, 4) is 0 Å².